The third kappa shape index (κ3) is 3.89. The lowest BCUT2D eigenvalue weighted by atomic mass is 10.2. The molecule has 1 aromatic carbocycles. The van der Waals surface area contributed by atoms with Crippen molar-refractivity contribution in [2.75, 3.05) is 20.8 Å². The number of hydrogen-bond acceptors (Lipinski definition) is 4. The number of benzene rings is 1. The number of halogens is 1. The molecule has 21 heavy (non-hydrogen) atoms. The summed E-state index contributed by atoms with van der Waals surface area (Å²) in [6.07, 6.45) is 2.53. The van der Waals surface area contributed by atoms with Crippen LogP contribution in [0.5, 0.6) is 11.5 Å². The second-order valence-corrected chi connectivity index (χ2v) is 5.09. The quantitative estimate of drug-likeness (QED) is 0.853. The number of methoxy groups -OCH3 is 1. The molecule has 0 unspecified atom stereocenters. The van der Waals surface area contributed by atoms with Gasteiger partial charge in [-0.3, -0.25) is 4.68 Å². The van der Waals surface area contributed by atoms with Crippen LogP contribution in [0.3, 0.4) is 0 Å². The van der Waals surface area contributed by atoms with Crippen LogP contribution in [0.2, 0.25) is 5.02 Å². The van der Waals surface area contributed by atoms with E-state index in [1.807, 2.05) is 37.0 Å². The highest BCUT2D eigenvalue weighted by molar-refractivity contribution is 6.32. The molecular weight excluding hydrogens is 290 g/mol. The fourth-order valence-corrected chi connectivity index (χ4v) is 2.41. The number of rotatable bonds is 7. The molecule has 0 atom stereocenters. The van der Waals surface area contributed by atoms with E-state index in [-0.39, 0.29) is 0 Å². The minimum Gasteiger partial charge on any atom is -0.493 e. The predicted molar refractivity (Wildman–Crippen MR) is 83.2 cm³/mol. The second kappa shape index (κ2) is 7.33. The monoisotopic (exact) mass is 309 g/mol. The smallest absolute Gasteiger partial charge is 0.179 e. The van der Waals surface area contributed by atoms with Crippen molar-refractivity contribution in [2.24, 2.45) is 7.05 Å². The van der Waals surface area contributed by atoms with E-state index in [1.54, 1.807) is 13.3 Å². The van der Waals surface area contributed by atoms with E-state index in [4.69, 9.17) is 21.1 Å². The van der Waals surface area contributed by atoms with Gasteiger partial charge < -0.3 is 14.8 Å². The molecule has 0 saturated heterocycles. The molecule has 0 aliphatic rings. The van der Waals surface area contributed by atoms with Crippen molar-refractivity contribution < 1.29 is 9.47 Å². The first-order valence-corrected chi connectivity index (χ1v) is 7.14. The Bertz CT molecular complexity index is 599. The second-order valence-electron chi connectivity index (χ2n) is 4.68. The minimum absolute atomic E-state index is 0.515. The molecule has 0 spiro atoms. The van der Waals surface area contributed by atoms with Crippen LogP contribution >= 0.6 is 11.6 Å². The van der Waals surface area contributed by atoms with Crippen molar-refractivity contribution in [3.05, 3.63) is 40.7 Å². The number of aryl methyl sites for hydroxylation is 1. The van der Waals surface area contributed by atoms with Crippen molar-refractivity contribution in [1.29, 1.82) is 0 Å². The normalized spacial score (nSPS) is 10.7. The highest BCUT2D eigenvalue weighted by Crippen LogP contribution is 2.36. The molecule has 0 radical (unpaired) electrons. The van der Waals surface area contributed by atoms with E-state index in [0.29, 0.717) is 23.1 Å². The molecule has 2 aromatic rings. The Morgan fingerprint density at radius 1 is 1.38 bits per heavy atom. The Balaban J connectivity index is 2.06. The molecule has 5 nitrogen and oxygen atoms in total. The van der Waals surface area contributed by atoms with Crippen LogP contribution in [0.4, 0.5) is 0 Å². The summed E-state index contributed by atoms with van der Waals surface area (Å²) >= 11 is 6.29. The minimum atomic E-state index is 0.515. The topological polar surface area (TPSA) is 48.3 Å². The number of ether oxygens (including phenoxy) is 2. The largest absolute Gasteiger partial charge is 0.493 e. The standard InChI is InChI=1S/C15H20ClN3O2/c1-17-10-11-8-13(16)15(14(9-11)20-3)21-7-5-12-4-6-18-19(12)2/h4,6,8-9,17H,5,7,10H2,1-3H3. The van der Waals surface area contributed by atoms with E-state index in [9.17, 15) is 0 Å². The van der Waals surface area contributed by atoms with E-state index in [1.165, 1.54) is 0 Å². The van der Waals surface area contributed by atoms with Gasteiger partial charge in [0.2, 0.25) is 0 Å². The fourth-order valence-electron chi connectivity index (χ4n) is 2.12. The first-order valence-electron chi connectivity index (χ1n) is 6.76. The maximum absolute atomic E-state index is 6.29. The number of hydrogen-bond donors (Lipinski definition) is 1. The zero-order valence-corrected chi connectivity index (χ0v) is 13.3. The van der Waals surface area contributed by atoms with Crippen LogP contribution in [0, 0.1) is 0 Å². The van der Waals surface area contributed by atoms with Crippen LogP contribution < -0.4 is 14.8 Å². The summed E-state index contributed by atoms with van der Waals surface area (Å²) < 4.78 is 13.0. The lowest BCUT2D eigenvalue weighted by Crippen LogP contribution is -2.08. The Hall–Kier alpha value is -1.72. The van der Waals surface area contributed by atoms with Gasteiger partial charge >= 0.3 is 0 Å². The molecule has 0 aliphatic carbocycles. The summed E-state index contributed by atoms with van der Waals surface area (Å²) in [6, 6.07) is 5.79. The van der Waals surface area contributed by atoms with Crippen molar-refractivity contribution in [2.45, 2.75) is 13.0 Å². The van der Waals surface area contributed by atoms with Gasteiger partial charge in [-0.2, -0.15) is 5.10 Å². The summed E-state index contributed by atoms with van der Waals surface area (Å²) in [4.78, 5) is 0. The summed E-state index contributed by atoms with van der Waals surface area (Å²) in [7, 11) is 5.41. The summed E-state index contributed by atoms with van der Waals surface area (Å²) in [5, 5.41) is 7.77. The van der Waals surface area contributed by atoms with Gasteiger partial charge in [0.15, 0.2) is 11.5 Å². The molecule has 6 heteroatoms. The maximum Gasteiger partial charge on any atom is 0.179 e. The Labute approximate surface area is 129 Å². The van der Waals surface area contributed by atoms with Crippen LogP contribution in [-0.4, -0.2) is 30.5 Å². The molecule has 0 bridgehead atoms. The summed E-state index contributed by atoms with van der Waals surface area (Å²) in [5.74, 6) is 1.24. The SMILES string of the molecule is CNCc1cc(Cl)c(OCCc2ccnn2C)c(OC)c1. The van der Waals surface area contributed by atoms with E-state index >= 15 is 0 Å². The van der Waals surface area contributed by atoms with Gasteiger partial charge in [0.1, 0.15) is 0 Å². The van der Waals surface area contributed by atoms with Crippen LogP contribution in [0.15, 0.2) is 24.4 Å². The van der Waals surface area contributed by atoms with Gasteiger partial charge in [-0.25, -0.2) is 0 Å². The average molecular weight is 310 g/mol. The number of nitrogens with zero attached hydrogens (tertiary/aromatic N) is 2. The van der Waals surface area contributed by atoms with E-state index < -0.39 is 0 Å². The summed E-state index contributed by atoms with van der Waals surface area (Å²) in [6.45, 7) is 1.24. The zero-order valence-electron chi connectivity index (χ0n) is 12.5. The van der Waals surface area contributed by atoms with Gasteiger partial charge in [0.25, 0.3) is 0 Å². The molecule has 0 fully saturated rings. The van der Waals surface area contributed by atoms with E-state index in [0.717, 1.165) is 24.2 Å². The number of nitrogens with one attached hydrogen (secondary N) is 1. The third-order valence-electron chi connectivity index (χ3n) is 3.20. The fraction of sp³-hybridized carbons (Fsp3) is 0.400. The van der Waals surface area contributed by atoms with Crippen molar-refractivity contribution in [1.82, 2.24) is 15.1 Å². The molecular formula is C15H20ClN3O2. The Morgan fingerprint density at radius 2 is 2.19 bits per heavy atom. The molecule has 2 rings (SSSR count). The van der Waals surface area contributed by atoms with Crippen molar-refractivity contribution in [3.8, 4) is 11.5 Å². The first-order chi connectivity index (χ1) is 10.2. The van der Waals surface area contributed by atoms with Gasteiger partial charge in [-0.1, -0.05) is 11.6 Å². The lowest BCUT2D eigenvalue weighted by molar-refractivity contribution is 0.295. The first kappa shape index (κ1) is 15.7. The number of aromatic nitrogens is 2. The molecule has 1 aromatic heterocycles. The molecule has 0 saturated carbocycles. The Kier molecular flexibility index (Phi) is 5.47. The highest BCUT2D eigenvalue weighted by atomic mass is 35.5. The van der Waals surface area contributed by atoms with Crippen molar-refractivity contribution in [3.63, 3.8) is 0 Å². The predicted octanol–water partition coefficient (Wildman–Crippen LogP) is 2.42. The van der Waals surface area contributed by atoms with Gasteiger partial charge in [-0.15, -0.1) is 0 Å². The lowest BCUT2D eigenvalue weighted by Gasteiger charge is -2.14. The van der Waals surface area contributed by atoms with Crippen LogP contribution in [0.25, 0.3) is 0 Å². The van der Waals surface area contributed by atoms with Crippen LogP contribution in [-0.2, 0) is 20.0 Å². The summed E-state index contributed by atoms with van der Waals surface area (Å²) in [5.41, 5.74) is 2.16. The third-order valence-corrected chi connectivity index (χ3v) is 3.48. The zero-order chi connectivity index (χ0) is 15.2. The molecule has 0 amide bonds. The van der Waals surface area contributed by atoms with Crippen molar-refractivity contribution >= 4 is 11.6 Å². The van der Waals surface area contributed by atoms with Gasteiger partial charge in [0.05, 0.1) is 18.7 Å². The molecule has 1 heterocycles. The average Bonchev–Trinajstić information content (AvgIpc) is 2.86. The van der Waals surface area contributed by atoms with Gasteiger partial charge in [-0.05, 0) is 30.8 Å². The van der Waals surface area contributed by atoms with E-state index in [2.05, 4.69) is 10.4 Å². The maximum atomic E-state index is 6.29. The highest BCUT2D eigenvalue weighted by Gasteiger charge is 2.12. The van der Waals surface area contributed by atoms with Gasteiger partial charge in [0, 0.05) is 31.9 Å². The molecule has 1 N–H and O–H groups in total. The molecule has 0 aliphatic heterocycles. The van der Waals surface area contributed by atoms with Crippen LogP contribution in [0.1, 0.15) is 11.3 Å². The molecule has 114 valence electrons. The Morgan fingerprint density at radius 3 is 2.81 bits per heavy atom.